The zero-order valence-corrected chi connectivity index (χ0v) is 3.59. The van der Waals surface area contributed by atoms with Gasteiger partial charge in [-0.25, -0.2) is 5.84 Å². The molecule has 0 aromatic carbocycles. The number of nitrogens with one attached hydrogen (secondary N) is 1. The van der Waals surface area contributed by atoms with Crippen molar-refractivity contribution in [1.29, 1.82) is 0 Å². The van der Waals surface area contributed by atoms with Crippen LogP contribution in [0.15, 0.2) is 5.10 Å². The third kappa shape index (κ3) is 1.72. The second kappa shape index (κ2) is 3.10. The van der Waals surface area contributed by atoms with Gasteiger partial charge in [-0.05, 0) is 0 Å². The van der Waals surface area contributed by atoms with E-state index in [1.54, 1.807) is 0 Å². The number of hydrazone groups is 1. The van der Waals surface area contributed by atoms with Crippen molar-refractivity contribution in [2.45, 2.75) is 0 Å². The average molecular weight is 102 g/mol. The van der Waals surface area contributed by atoms with E-state index in [0.717, 1.165) is 0 Å². The first-order valence-electron chi connectivity index (χ1n) is 1.54. The summed E-state index contributed by atoms with van der Waals surface area (Å²) >= 11 is 0. The maximum Gasteiger partial charge on any atom is 0.199 e. The van der Waals surface area contributed by atoms with Gasteiger partial charge in [0.1, 0.15) is 0 Å². The van der Waals surface area contributed by atoms with Crippen LogP contribution >= 0.6 is 0 Å². The molecule has 5 nitrogen and oxygen atoms in total. The predicted octanol–water partition coefficient (Wildman–Crippen LogP) is -2.08. The van der Waals surface area contributed by atoms with E-state index in [1.807, 2.05) is 5.43 Å². The highest BCUT2D eigenvalue weighted by Gasteiger charge is 1.84. The summed E-state index contributed by atoms with van der Waals surface area (Å²) in [6.45, 7) is 0. The molecule has 0 aromatic rings. The first kappa shape index (κ1) is 5.90. The van der Waals surface area contributed by atoms with Gasteiger partial charge in [-0.2, -0.15) is 5.10 Å². The second-order valence-electron chi connectivity index (χ2n) is 0.777. The summed E-state index contributed by atoms with van der Waals surface area (Å²) in [5.41, 5.74) is 1.96. The van der Waals surface area contributed by atoms with Crippen LogP contribution in [-0.2, 0) is 4.79 Å². The minimum absolute atomic E-state index is 0.0694. The van der Waals surface area contributed by atoms with Crippen molar-refractivity contribution >= 4 is 12.1 Å². The van der Waals surface area contributed by atoms with Crippen molar-refractivity contribution in [3.05, 3.63) is 0 Å². The summed E-state index contributed by atoms with van der Waals surface area (Å²) in [6.07, 6.45) is 0.417. The van der Waals surface area contributed by atoms with Crippen molar-refractivity contribution in [3.8, 4) is 0 Å². The summed E-state index contributed by atoms with van der Waals surface area (Å²) in [6, 6.07) is 0. The predicted molar refractivity (Wildman–Crippen MR) is 25.0 cm³/mol. The fraction of sp³-hybridized carbons (Fsp3) is 0. The molecule has 0 radical (unpaired) electrons. The molecule has 0 amide bonds. The maximum atomic E-state index is 9.61. The van der Waals surface area contributed by atoms with Gasteiger partial charge in [0.05, 0.1) is 0 Å². The molecule has 7 heavy (non-hydrogen) atoms. The third-order valence-electron chi connectivity index (χ3n) is 0.399. The van der Waals surface area contributed by atoms with Crippen molar-refractivity contribution in [3.63, 3.8) is 0 Å². The molecule has 0 saturated heterocycles. The van der Waals surface area contributed by atoms with Gasteiger partial charge in [-0.3, -0.25) is 4.79 Å². The van der Waals surface area contributed by atoms with Crippen molar-refractivity contribution < 1.29 is 4.79 Å². The lowest BCUT2D eigenvalue weighted by molar-refractivity contribution is -0.102. The largest absolute Gasteiger partial charge is 0.321 e. The molecule has 0 heterocycles. The highest BCUT2D eigenvalue weighted by molar-refractivity contribution is 6.26. The van der Waals surface area contributed by atoms with E-state index < -0.39 is 0 Å². The fourth-order valence-electron chi connectivity index (χ4n) is 0.102. The normalized spacial score (nSPS) is 10.7. The standard InChI is InChI=1S/C2H6N4O/c3-5-2(1-7)6-4/h1H,3-4H2,(H,5,6). The van der Waals surface area contributed by atoms with Gasteiger partial charge < -0.3 is 11.3 Å². The van der Waals surface area contributed by atoms with Crippen molar-refractivity contribution in [2.24, 2.45) is 16.8 Å². The molecule has 0 aliphatic rings. The topological polar surface area (TPSA) is 93.5 Å². The number of nitrogens with two attached hydrogens (primary N) is 2. The Balaban J connectivity index is 3.60. The lowest BCUT2D eigenvalue weighted by Gasteiger charge is -1.88. The minimum Gasteiger partial charge on any atom is -0.321 e. The molecule has 0 rings (SSSR count). The number of hydrogen-bond donors (Lipinski definition) is 3. The monoisotopic (exact) mass is 102 g/mol. The zero-order valence-electron chi connectivity index (χ0n) is 3.59. The molecule has 0 fully saturated rings. The molecule has 0 saturated carbocycles. The SMILES string of the molecule is N/N=C(/C=O)NN. The van der Waals surface area contributed by atoms with E-state index in [-0.39, 0.29) is 5.84 Å². The van der Waals surface area contributed by atoms with Gasteiger partial charge in [-0.15, -0.1) is 0 Å². The minimum atomic E-state index is -0.0694. The van der Waals surface area contributed by atoms with Crippen LogP contribution < -0.4 is 17.1 Å². The number of aldehydes is 1. The molecular formula is C2H6N4O. The molecule has 0 atom stereocenters. The molecule has 40 valence electrons. The molecule has 0 aliphatic carbocycles. The lowest BCUT2D eigenvalue weighted by atomic mass is 10.7. The van der Waals surface area contributed by atoms with E-state index in [2.05, 4.69) is 10.9 Å². The first-order valence-corrected chi connectivity index (χ1v) is 1.54. The van der Waals surface area contributed by atoms with Gasteiger partial charge in [0, 0.05) is 0 Å². The number of carbonyl (C=O) groups excluding carboxylic acids is 1. The Bertz CT molecular complexity index is 87.7. The molecule has 0 bridgehead atoms. The smallest absolute Gasteiger partial charge is 0.199 e. The van der Waals surface area contributed by atoms with Crippen LogP contribution in [0, 0.1) is 0 Å². The summed E-state index contributed by atoms with van der Waals surface area (Å²) in [7, 11) is 0. The molecule has 5 N–H and O–H groups in total. The number of nitrogens with zero attached hydrogens (tertiary/aromatic N) is 1. The van der Waals surface area contributed by atoms with E-state index in [0.29, 0.717) is 6.29 Å². The van der Waals surface area contributed by atoms with Crippen LogP contribution in [0.2, 0.25) is 0 Å². The average Bonchev–Trinajstić information content (AvgIpc) is 1.72. The quantitative estimate of drug-likeness (QED) is 0.116. The Kier molecular flexibility index (Phi) is 2.62. The highest BCUT2D eigenvalue weighted by Crippen LogP contribution is 1.50. The van der Waals surface area contributed by atoms with E-state index in [1.165, 1.54) is 0 Å². The summed E-state index contributed by atoms with van der Waals surface area (Å²) in [5.74, 6) is 9.24. The first-order chi connectivity index (χ1) is 3.35. The Hall–Kier alpha value is -1.10. The van der Waals surface area contributed by atoms with Gasteiger partial charge in [0.25, 0.3) is 0 Å². The fourth-order valence-corrected chi connectivity index (χ4v) is 0.102. The highest BCUT2D eigenvalue weighted by atomic mass is 16.1. The van der Waals surface area contributed by atoms with Gasteiger partial charge in [-0.1, -0.05) is 0 Å². The van der Waals surface area contributed by atoms with Crippen LogP contribution in [-0.4, -0.2) is 12.1 Å². The molecule has 0 spiro atoms. The van der Waals surface area contributed by atoms with Crippen LogP contribution in [0.4, 0.5) is 0 Å². The van der Waals surface area contributed by atoms with Crippen molar-refractivity contribution in [1.82, 2.24) is 5.43 Å². The number of amidine groups is 1. The Morgan fingerprint density at radius 1 is 1.86 bits per heavy atom. The van der Waals surface area contributed by atoms with E-state index >= 15 is 0 Å². The number of rotatable bonds is 1. The van der Waals surface area contributed by atoms with Crippen LogP contribution in [0.5, 0.6) is 0 Å². The summed E-state index contributed by atoms with van der Waals surface area (Å²) < 4.78 is 0. The molecule has 0 aliphatic heterocycles. The number of hydrazine groups is 1. The van der Waals surface area contributed by atoms with Gasteiger partial charge in [0.15, 0.2) is 12.1 Å². The Labute approximate surface area is 40.3 Å². The number of carbonyl (C=O) groups is 1. The van der Waals surface area contributed by atoms with Crippen LogP contribution in [0.25, 0.3) is 0 Å². The number of hydrogen-bond acceptors (Lipinski definition) is 4. The second-order valence-corrected chi connectivity index (χ2v) is 0.777. The summed E-state index contributed by atoms with van der Waals surface area (Å²) in [4.78, 5) is 9.61. The van der Waals surface area contributed by atoms with Gasteiger partial charge >= 0.3 is 0 Å². The van der Waals surface area contributed by atoms with Crippen LogP contribution in [0.1, 0.15) is 0 Å². The zero-order chi connectivity index (χ0) is 5.70. The molecule has 0 aromatic heterocycles. The molecule has 5 heteroatoms. The molecule has 0 unspecified atom stereocenters. The Morgan fingerprint density at radius 2 is 2.43 bits per heavy atom. The van der Waals surface area contributed by atoms with E-state index in [9.17, 15) is 4.79 Å². The third-order valence-corrected chi connectivity index (χ3v) is 0.399. The molecular weight excluding hydrogens is 96.0 g/mol. The Morgan fingerprint density at radius 3 is 2.43 bits per heavy atom. The van der Waals surface area contributed by atoms with E-state index in [4.69, 9.17) is 5.84 Å². The van der Waals surface area contributed by atoms with Crippen molar-refractivity contribution in [2.75, 3.05) is 0 Å². The maximum absolute atomic E-state index is 9.61. The van der Waals surface area contributed by atoms with Gasteiger partial charge in [0.2, 0.25) is 0 Å². The van der Waals surface area contributed by atoms with Crippen LogP contribution in [0.3, 0.4) is 0 Å². The summed E-state index contributed by atoms with van der Waals surface area (Å²) in [5, 5.41) is 2.94. The lowest BCUT2D eigenvalue weighted by Crippen LogP contribution is -2.32.